The normalized spacial score (nSPS) is 18.4. The zero-order chi connectivity index (χ0) is 31.9. The van der Waals surface area contributed by atoms with Gasteiger partial charge in [-0.3, -0.25) is 14.6 Å². The minimum absolute atomic E-state index is 0.220. The number of para-hydroxylation sites is 1. The van der Waals surface area contributed by atoms with Crippen LogP contribution in [0.25, 0.3) is 0 Å². The van der Waals surface area contributed by atoms with Crippen LogP contribution in [0.15, 0.2) is 106 Å². The first-order chi connectivity index (χ1) is 20.9. The maximum absolute atomic E-state index is 11.4. The summed E-state index contributed by atoms with van der Waals surface area (Å²) < 4.78 is 10.4. The molecule has 232 valence electrons. The number of nitrogens with zero attached hydrogens (tertiary/aromatic N) is 2. The van der Waals surface area contributed by atoms with Gasteiger partial charge in [0.2, 0.25) is 0 Å². The number of fused-ring (bicyclic) bond motifs is 1. The van der Waals surface area contributed by atoms with Gasteiger partial charge in [-0.2, -0.15) is 0 Å². The summed E-state index contributed by atoms with van der Waals surface area (Å²) >= 11 is 6.98. The lowest BCUT2D eigenvalue weighted by atomic mass is 9.79. The zero-order valence-electron chi connectivity index (χ0n) is 26.7. The third kappa shape index (κ3) is 7.59. The molecule has 0 unspecified atom stereocenters. The third-order valence-electron chi connectivity index (χ3n) is 8.35. The van der Waals surface area contributed by atoms with Gasteiger partial charge in [-0.05, 0) is 53.3 Å². The Morgan fingerprint density at radius 1 is 0.955 bits per heavy atom. The smallest absolute Gasteiger partial charge is 0.302 e. The van der Waals surface area contributed by atoms with Crippen molar-refractivity contribution in [1.82, 2.24) is 0 Å². The van der Waals surface area contributed by atoms with Crippen LogP contribution in [0.4, 0.5) is 5.69 Å². The van der Waals surface area contributed by atoms with Gasteiger partial charge in [0.15, 0.2) is 0 Å². The fraction of sp³-hybridized carbons (Fsp3) is 0.378. The van der Waals surface area contributed by atoms with Crippen LogP contribution in [-0.4, -0.2) is 44.0 Å². The molecule has 0 fully saturated rings. The Morgan fingerprint density at radius 2 is 1.61 bits per heavy atom. The Bertz CT molecular complexity index is 1530. The van der Waals surface area contributed by atoms with E-state index in [0.29, 0.717) is 19.7 Å². The van der Waals surface area contributed by atoms with Gasteiger partial charge in [0.05, 0.1) is 13.1 Å². The predicted molar refractivity (Wildman–Crippen MR) is 179 cm³/mol. The molecule has 1 aliphatic heterocycles. The molecule has 0 saturated carbocycles. The standard InChI is InChI=1S/C37H43ClN2O4/c1-26(41)43-24-22-39-33(36(3,4)30-12-8-7-9-13-30)20-18-28-16-17-29(35(28)38)19-21-34-37(5,6)31-14-10-11-15-32(31)40(34)23-25-44-27(2)42/h7-15,18-21H,16-17,22-25H2,1-6H3/b20-18+,29-19+,34-21+,39-33+. The van der Waals surface area contributed by atoms with Crippen molar-refractivity contribution in [3.05, 3.63) is 112 Å². The largest absolute Gasteiger partial charge is 0.464 e. The minimum Gasteiger partial charge on any atom is -0.464 e. The van der Waals surface area contributed by atoms with Crippen LogP contribution in [0.5, 0.6) is 0 Å². The molecule has 0 bridgehead atoms. The van der Waals surface area contributed by atoms with Crippen molar-refractivity contribution < 1.29 is 19.1 Å². The number of benzene rings is 2. The number of halogens is 1. The van der Waals surface area contributed by atoms with Gasteiger partial charge in [0.1, 0.15) is 13.2 Å². The van der Waals surface area contributed by atoms with Gasteiger partial charge < -0.3 is 14.4 Å². The van der Waals surface area contributed by atoms with Gasteiger partial charge >= 0.3 is 11.9 Å². The molecule has 2 aromatic carbocycles. The first-order valence-corrected chi connectivity index (χ1v) is 15.5. The summed E-state index contributed by atoms with van der Waals surface area (Å²) in [6.45, 7) is 13.1. The van der Waals surface area contributed by atoms with Crippen molar-refractivity contribution in [2.45, 2.75) is 65.2 Å². The number of hydrogen-bond donors (Lipinski definition) is 0. The van der Waals surface area contributed by atoms with Crippen LogP contribution in [0.1, 0.15) is 65.5 Å². The Morgan fingerprint density at radius 3 is 2.32 bits per heavy atom. The van der Waals surface area contributed by atoms with Crippen LogP contribution in [0.2, 0.25) is 0 Å². The molecular formula is C37H43ClN2O4. The number of aliphatic imine (C=N–C) groups is 1. The van der Waals surface area contributed by atoms with E-state index in [1.165, 1.54) is 19.4 Å². The van der Waals surface area contributed by atoms with Crippen molar-refractivity contribution in [2.75, 3.05) is 31.2 Å². The predicted octanol–water partition coefficient (Wildman–Crippen LogP) is 7.98. The maximum Gasteiger partial charge on any atom is 0.302 e. The summed E-state index contributed by atoms with van der Waals surface area (Å²) in [5.41, 5.74) is 7.12. The minimum atomic E-state index is -0.360. The summed E-state index contributed by atoms with van der Waals surface area (Å²) in [4.78, 5) is 29.8. The fourth-order valence-electron chi connectivity index (χ4n) is 5.85. The molecule has 4 rings (SSSR count). The molecule has 0 atom stereocenters. The van der Waals surface area contributed by atoms with E-state index in [-0.39, 0.29) is 29.4 Å². The lowest BCUT2D eigenvalue weighted by Crippen LogP contribution is -2.29. The Kier molecular flexibility index (Phi) is 10.7. The second-order valence-corrected chi connectivity index (χ2v) is 12.5. The summed E-state index contributed by atoms with van der Waals surface area (Å²) in [5, 5.41) is 0.759. The molecule has 0 N–H and O–H groups in total. The van der Waals surface area contributed by atoms with Crippen molar-refractivity contribution >= 4 is 34.9 Å². The number of hydrogen-bond acceptors (Lipinski definition) is 6. The van der Waals surface area contributed by atoms with E-state index in [9.17, 15) is 9.59 Å². The average molecular weight is 615 g/mol. The van der Waals surface area contributed by atoms with Crippen molar-refractivity contribution in [3.63, 3.8) is 0 Å². The monoisotopic (exact) mass is 614 g/mol. The number of anilines is 1. The molecule has 7 heteroatoms. The summed E-state index contributed by atoms with van der Waals surface area (Å²) in [6, 6.07) is 18.6. The van der Waals surface area contributed by atoms with Gasteiger partial charge in [-0.25, -0.2) is 0 Å². The number of carbonyl (C=O) groups is 2. The molecule has 1 aliphatic carbocycles. The Hall–Kier alpha value is -3.90. The number of carbonyl (C=O) groups excluding carboxylic acids is 2. The molecule has 0 saturated heterocycles. The van der Waals surface area contributed by atoms with Crippen LogP contribution in [-0.2, 0) is 29.9 Å². The van der Waals surface area contributed by atoms with E-state index < -0.39 is 0 Å². The summed E-state index contributed by atoms with van der Waals surface area (Å²) in [5.74, 6) is -0.591. The fourth-order valence-corrected chi connectivity index (χ4v) is 6.16. The summed E-state index contributed by atoms with van der Waals surface area (Å²) in [7, 11) is 0. The van der Waals surface area contributed by atoms with Crippen LogP contribution >= 0.6 is 11.6 Å². The number of rotatable bonds is 11. The molecule has 0 aromatic heterocycles. The molecule has 0 amide bonds. The van der Waals surface area contributed by atoms with Crippen LogP contribution in [0, 0.1) is 0 Å². The molecule has 1 heterocycles. The lowest BCUT2D eigenvalue weighted by molar-refractivity contribution is -0.141. The van der Waals surface area contributed by atoms with Crippen molar-refractivity contribution in [2.24, 2.45) is 4.99 Å². The van der Waals surface area contributed by atoms with E-state index in [4.69, 9.17) is 26.1 Å². The van der Waals surface area contributed by atoms with E-state index in [1.54, 1.807) is 0 Å². The van der Waals surface area contributed by atoms with Gasteiger partial charge in [0, 0.05) is 46.8 Å². The number of esters is 2. The van der Waals surface area contributed by atoms with Gasteiger partial charge in [0.25, 0.3) is 0 Å². The van der Waals surface area contributed by atoms with Gasteiger partial charge in [-0.15, -0.1) is 0 Å². The lowest BCUT2D eigenvalue weighted by Gasteiger charge is -2.27. The maximum atomic E-state index is 11.4. The Labute approximate surface area is 266 Å². The first-order valence-electron chi connectivity index (χ1n) is 15.2. The second-order valence-electron chi connectivity index (χ2n) is 12.1. The number of ether oxygens (including phenoxy) is 2. The molecule has 0 radical (unpaired) electrons. The highest BCUT2D eigenvalue weighted by Gasteiger charge is 2.39. The first kappa shape index (κ1) is 33.0. The van der Waals surface area contributed by atoms with E-state index >= 15 is 0 Å². The zero-order valence-corrected chi connectivity index (χ0v) is 27.4. The molecular weight excluding hydrogens is 572 g/mol. The molecule has 2 aliphatic rings. The quantitative estimate of drug-likeness (QED) is 0.146. The average Bonchev–Trinajstić information content (AvgIpc) is 3.44. The van der Waals surface area contributed by atoms with Gasteiger partial charge in [-0.1, -0.05) is 100.0 Å². The molecule has 44 heavy (non-hydrogen) atoms. The van der Waals surface area contributed by atoms with Crippen molar-refractivity contribution in [1.29, 1.82) is 0 Å². The molecule has 0 spiro atoms. The van der Waals surface area contributed by atoms with E-state index in [2.05, 4.69) is 81.2 Å². The summed E-state index contributed by atoms with van der Waals surface area (Å²) in [6.07, 6.45) is 10.1. The SMILES string of the molecule is CC(=O)OCC/N=C(\C=C\C1=C(Cl)C(=C/C=C2/N(CCOC(C)=O)c3ccccc3C2(C)C)/CC1)C(C)(C)c1ccccc1. The van der Waals surface area contributed by atoms with Crippen LogP contribution < -0.4 is 4.90 Å². The molecule has 2 aromatic rings. The topological polar surface area (TPSA) is 68.2 Å². The second kappa shape index (κ2) is 14.3. The third-order valence-corrected chi connectivity index (χ3v) is 8.83. The van der Waals surface area contributed by atoms with E-state index in [0.717, 1.165) is 51.7 Å². The highest BCUT2D eigenvalue weighted by molar-refractivity contribution is 6.33. The highest BCUT2D eigenvalue weighted by atomic mass is 35.5. The van der Waals surface area contributed by atoms with E-state index in [1.807, 2.05) is 30.3 Å². The highest BCUT2D eigenvalue weighted by Crippen LogP contribution is 2.47. The number of allylic oxidation sites excluding steroid dienone is 8. The Balaban J connectivity index is 1.61. The van der Waals surface area contributed by atoms with Crippen LogP contribution in [0.3, 0.4) is 0 Å². The molecule has 6 nitrogen and oxygen atoms in total. The van der Waals surface area contributed by atoms with Crippen molar-refractivity contribution in [3.8, 4) is 0 Å².